The minimum atomic E-state index is -4.87. The molecule has 0 aliphatic rings. The molecule has 0 N–H and O–H groups in total. The van der Waals surface area contributed by atoms with Gasteiger partial charge in [0.2, 0.25) is 0 Å². The van der Waals surface area contributed by atoms with Crippen LogP contribution in [0, 0.1) is 11.6 Å². The minimum Gasteiger partial charge on any atom is -0.309 e. The van der Waals surface area contributed by atoms with Crippen molar-refractivity contribution >= 4 is 131 Å². The standard InChI is InChI=1S/C86H48F8N6/c87-51-28-36-83(70(43-51)86(92,93)94)99-79-37-29-53(95-71-19-7-1-13-57(71)58-14-2-8-20-72(58)95)45-65(79)66-47-55(30-38-80(66)99)97-75-23-11-5-17-61(75)63-41-49(25-34-77(63)97)50-26-35-78-64(42-50)62-18-6-12-24-76(62)98(78)56-32-40-82-68(48-56)67-46-54(96-73-21-9-3-15-59(73)60-16-4-10-22-74(60)96)31-39-81(67)100(82)84-44-52(88)27-33-69(84)85(89,90)91/h1-48H. The maximum atomic E-state index is 15.4. The molecule has 0 radical (unpaired) electrons. The Morgan fingerprint density at radius 3 is 0.790 bits per heavy atom. The number of aromatic nitrogens is 6. The van der Waals surface area contributed by atoms with Crippen molar-refractivity contribution in [2.24, 2.45) is 0 Å². The smallest absolute Gasteiger partial charge is 0.309 e. The van der Waals surface area contributed by atoms with E-state index in [0.29, 0.717) is 49.7 Å². The molecule has 0 saturated heterocycles. The van der Waals surface area contributed by atoms with E-state index >= 15 is 30.7 Å². The van der Waals surface area contributed by atoms with Crippen LogP contribution in [0.2, 0.25) is 0 Å². The highest BCUT2D eigenvalue weighted by Crippen LogP contribution is 2.47. The van der Waals surface area contributed by atoms with Crippen molar-refractivity contribution in [3.8, 4) is 45.3 Å². The highest BCUT2D eigenvalue weighted by atomic mass is 19.4. The zero-order chi connectivity index (χ0) is 67.2. The third kappa shape index (κ3) is 8.36. The van der Waals surface area contributed by atoms with Crippen LogP contribution in [0.25, 0.3) is 176 Å². The van der Waals surface area contributed by atoms with Gasteiger partial charge in [-0.2, -0.15) is 26.3 Å². The molecule has 20 aromatic rings. The van der Waals surface area contributed by atoms with Crippen molar-refractivity contribution in [2.75, 3.05) is 0 Å². The number of alkyl halides is 6. The first-order valence-corrected chi connectivity index (χ1v) is 32.7. The van der Waals surface area contributed by atoms with Gasteiger partial charge in [-0.15, -0.1) is 0 Å². The fourth-order valence-corrected chi connectivity index (χ4v) is 16.2. The molecule has 14 heteroatoms. The molecule has 20 rings (SSSR count). The summed E-state index contributed by atoms with van der Waals surface area (Å²) in [5, 5.41) is 10.9. The minimum absolute atomic E-state index is 0.192. The predicted octanol–water partition coefficient (Wildman–Crippen LogP) is 24.3. The zero-order valence-corrected chi connectivity index (χ0v) is 52.4. The molecule has 0 spiro atoms. The van der Waals surface area contributed by atoms with Crippen molar-refractivity contribution < 1.29 is 35.1 Å². The number of nitrogens with zero attached hydrogens (tertiary/aromatic N) is 6. The van der Waals surface area contributed by atoms with Gasteiger partial charge in [0.05, 0.1) is 88.7 Å². The molecule has 6 heterocycles. The van der Waals surface area contributed by atoms with Crippen LogP contribution in [0.4, 0.5) is 35.1 Å². The van der Waals surface area contributed by atoms with Crippen LogP contribution in [0.5, 0.6) is 0 Å². The van der Waals surface area contributed by atoms with Gasteiger partial charge >= 0.3 is 12.4 Å². The molecule has 0 saturated carbocycles. The molecular formula is C86H48F8N6. The molecule has 6 aromatic heterocycles. The first-order valence-electron chi connectivity index (χ1n) is 32.7. The summed E-state index contributed by atoms with van der Waals surface area (Å²) in [5.41, 5.74) is 12.0. The number of rotatable bonds is 7. The predicted molar refractivity (Wildman–Crippen MR) is 388 cm³/mol. The average molecular weight is 1320 g/mol. The maximum absolute atomic E-state index is 15.4. The summed E-state index contributed by atoms with van der Waals surface area (Å²) < 4.78 is 133. The van der Waals surface area contributed by atoms with E-state index in [1.165, 1.54) is 10.6 Å². The highest BCUT2D eigenvalue weighted by molar-refractivity contribution is 6.17. The largest absolute Gasteiger partial charge is 0.418 e. The summed E-state index contributed by atoms with van der Waals surface area (Å²) >= 11 is 0. The maximum Gasteiger partial charge on any atom is 0.418 e. The van der Waals surface area contributed by atoms with Gasteiger partial charge in [-0.1, -0.05) is 121 Å². The van der Waals surface area contributed by atoms with Gasteiger partial charge in [0.25, 0.3) is 0 Å². The zero-order valence-electron chi connectivity index (χ0n) is 52.4. The second kappa shape index (κ2) is 20.9. The number of hydrogen-bond acceptors (Lipinski definition) is 0. The Morgan fingerprint density at radius 2 is 0.450 bits per heavy atom. The van der Waals surface area contributed by atoms with Gasteiger partial charge in [-0.25, -0.2) is 8.78 Å². The molecule has 6 nitrogen and oxygen atoms in total. The normalized spacial score (nSPS) is 12.6. The molecule has 0 atom stereocenters. The SMILES string of the molecule is Fc1ccc(C(F)(F)F)c(-n2c3ccc(-n4c5ccccc5c5ccccc54)cc3c3cc(-n4c5ccccc5c5cc(-c6ccc7c(c6)c6ccccc6n7-c6ccc7c(c6)c6cc(-n8c9ccccc9c9ccccc98)ccc6n7-c6ccc(F)cc6C(F)(F)F)ccc54)ccc32)c1. The van der Waals surface area contributed by atoms with E-state index in [-0.39, 0.29) is 11.4 Å². The van der Waals surface area contributed by atoms with Crippen LogP contribution in [0.3, 0.4) is 0 Å². The molecule has 0 aliphatic carbocycles. The number of hydrogen-bond donors (Lipinski definition) is 0. The van der Waals surface area contributed by atoms with Crippen LogP contribution in [-0.2, 0) is 12.4 Å². The average Bonchev–Trinajstić information content (AvgIpc) is 1.61. The van der Waals surface area contributed by atoms with Crippen molar-refractivity contribution in [3.05, 3.63) is 314 Å². The van der Waals surface area contributed by atoms with E-state index in [1.54, 1.807) is 4.57 Å². The summed E-state index contributed by atoms with van der Waals surface area (Å²) in [5.74, 6) is -1.78. The Kier molecular flexibility index (Phi) is 12.0. The van der Waals surface area contributed by atoms with E-state index in [2.05, 4.69) is 127 Å². The first kappa shape index (κ1) is 57.6. The number of fused-ring (bicyclic) bond motifs is 18. The van der Waals surface area contributed by atoms with Crippen molar-refractivity contribution in [2.45, 2.75) is 12.4 Å². The number of halogens is 8. The van der Waals surface area contributed by atoms with Crippen LogP contribution in [0.15, 0.2) is 291 Å². The van der Waals surface area contributed by atoms with Crippen molar-refractivity contribution in [1.82, 2.24) is 27.4 Å². The lowest BCUT2D eigenvalue weighted by atomic mass is 10.0. The summed E-state index contributed by atoms with van der Waals surface area (Å²) in [6.07, 6.45) is -9.66. The Bertz CT molecular complexity index is 6820. The Labute approximate surface area is 562 Å². The van der Waals surface area contributed by atoms with Gasteiger partial charge in [0.15, 0.2) is 0 Å². The van der Waals surface area contributed by atoms with Gasteiger partial charge in [-0.3, -0.25) is 0 Å². The Morgan fingerprint density at radius 1 is 0.190 bits per heavy atom. The fraction of sp³-hybridized carbons (Fsp3) is 0.0233. The molecule has 0 aliphatic heterocycles. The lowest BCUT2D eigenvalue weighted by Gasteiger charge is -2.16. The topological polar surface area (TPSA) is 29.6 Å². The third-order valence-electron chi connectivity index (χ3n) is 20.3. The quantitative estimate of drug-likeness (QED) is 0.142. The highest BCUT2D eigenvalue weighted by Gasteiger charge is 2.37. The summed E-state index contributed by atoms with van der Waals surface area (Å²) in [4.78, 5) is 0. The van der Waals surface area contributed by atoms with E-state index in [4.69, 9.17) is 0 Å². The summed E-state index contributed by atoms with van der Waals surface area (Å²) in [6, 6.07) is 90.3. The summed E-state index contributed by atoms with van der Waals surface area (Å²) in [7, 11) is 0. The van der Waals surface area contributed by atoms with Crippen molar-refractivity contribution in [3.63, 3.8) is 0 Å². The van der Waals surface area contributed by atoms with E-state index in [1.807, 2.05) is 146 Å². The van der Waals surface area contributed by atoms with Crippen LogP contribution < -0.4 is 0 Å². The van der Waals surface area contributed by atoms with Crippen LogP contribution >= 0.6 is 0 Å². The van der Waals surface area contributed by atoms with Gasteiger partial charge < -0.3 is 27.4 Å². The molecule has 478 valence electrons. The first-order chi connectivity index (χ1) is 48.7. The number of para-hydroxylation sites is 6. The molecule has 0 amide bonds. The Balaban J connectivity index is 0.745. The number of benzene rings is 14. The molecule has 14 aromatic carbocycles. The molecule has 0 bridgehead atoms. The van der Waals surface area contributed by atoms with E-state index in [0.717, 1.165) is 145 Å². The summed E-state index contributed by atoms with van der Waals surface area (Å²) in [6.45, 7) is 0. The molecule has 0 fully saturated rings. The van der Waals surface area contributed by atoms with E-state index in [9.17, 15) is 4.39 Å². The second-order valence-electron chi connectivity index (χ2n) is 25.7. The Hall–Kier alpha value is -12.7. The van der Waals surface area contributed by atoms with Crippen molar-refractivity contribution in [1.29, 1.82) is 0 Å². The molecular weight excluding hydrogens is 1270 g/mol. The third-order valence-corrected chi connectivity index (χ3v) is 20.3. The van der Waals surface area contributed by atoms with Crippen LogP contribution in [-0.4, -0.2) is 27.4 Å². The lowest BCUT2D eigenvalue weighted by molar-refractivity contribution is -0.138. The van der Waals surface area contributed by atoms with Gasteiger partial charge in [0.1, 0.15) is 11.6 Å². The van der Waals surface area contributed by atoms with Crippen LogP contribution in [0.1, 0.15) is 11.1 Å². The van der Waals surface area contributed by atoms with E-state index < -0.39 is 35.1 Å². The van der Waals surface area contributed by atoms with Gasteiger partial charge in [0, 0.05) is 87.4 Å². The lowest BCUT2D eigenvalue weighted by Crippen LogP contribution is -2.11. The van der Waals surface area contributed by atoms with Gasteiger partial charge in [-0.05, 0) is 181 Å². The fourth-order valence-electron chi connectivity index (χ4n) is 16.2. The monoisotopic (exact) mass is 1320 g/mol. The molecule has 0 unspecified atom stereocenters. The second-order valence-corrected chi connectivity index (χ2v) is 25.7. The molecule has 100 heavy (non-hydrogen) atoms.